The molecule has 30 heavy (non-hydrogen) atoms. The van der Waals surface area contributed by atoms with E-state index in [-0.39, 0.29) is 0 Å². The molecule has 0 bridgehead atoms. The molecule has 1 saturated carbocycles. The van der Waals surface area contributed by atoms with Crippen LogP contribution in [0.3, 0.4) is 0 Å². The lowest BCUT2D eigenvalue weighted by molar-refractivity contribution is 0.412. The fourth-order valence-electron chi connectivity index (χ4n) is 4.73. The molecule has 0 N–H and O–H groups in total. The largest absolute Gasteiger partial charge is 0.369 e. The standard InChI is InChI=1S/C26H36N4/c1-17-12-18(2)25(19(3)13-17)30-15-20(4)24-23(14-21(5)27-26(24)30)29(11-10-28(6)7)16-22-8-9-22/h12-15,22H,8-11,16H2,1-7H3. The monoisotopic (exact) mass is 404 g/mol. The van der Waals surface area contributed by atoms with Crippen LogP contribution >= 0.6 is 0 Å². The Morgan fingerprint density at radius 2 is 1.60 bits per heavy atom. The van der Waals surface area contributed by atoms with Crippen molar-refractivity contribution in [2.45, 2.75) is 47.5 Å². The number of anilines is 1. The molecule has 0 spiro atoms. The van der Waals surface area contributed by atoms with E-state index in [0.29, 0.717) is 0 Å². The second-order valence-corrected chi connectivity index (χ2v) is 9.60. The third kappa shape index (κ3) is 4.11. The second kappa shape index (κ2) is 8.07. The van der Waals surface area contributed by atoms with Gasteiger partial charge in [0.2, 0.25) is 0 Å². The molecule has 0 aliphatic heterocycles. The SMILES string of the molecule is Cc1cc(C)c(-n2cc(C)c3c(N(CCN(C)C)CC4CC4)cc(C)nc32)c(C)c1. The Morgan fingerprint density at radius 3 is 2.20 bits per heavy atom. The molecule has 1 aliphatic rings. The summed E-state index contributed by atoms with van der Waals surface area (Å²) in [6.07, 6.45) is 5.02. The van der Waals surface area contributed by atoms with Crippen molar-refractivity contribution in [2.75, 3.05) is 38.6 Å². The van der Waals surface area contributed by atoms with Crippen molar-refractivity contribution in [2.24, 2.45) is 5.92 Å². The Hall–Kier alpha value is -2.33. The number of pyridine rings is 1. The van der Waals surface area contributed by atoms with Crippen LogP contribution in [0.15, 0.2) is 24.4 Å². The number of hydrogen-bond donors (Lipinski definition) is 0. The van der Waals surface area contributed by atoms with E-state index in [1.807, 2.05) is 0 Å². The van der Waals surface area contributed by atoms with Gasteiger partial charge in [-0.25, -0.2) is 4.98 Å². The first-order chi connectivity index (χ1) is 14.2. The zero-order chi connectivity index (χ0) is 21.6. The molecule has 2 heterocycles. The van der Waals surface area contributed by atoms with Gasteiger partial charge in [0.15, 0.2) is 0 Å². The van der Waals surface area contributed by atoms with E-state index in [4.69, 9.17) is 4.98 Å². The van der Waals surface area contributed by atoms with E-state index >= 15 is 0 Å². The van der Waals surface area contributed by atoms with E-state index in [1.165, 1.54) is 51.9 Å². The van der Waals surface area contributed by atoms with E-state index in [2.05, 4.69) is 87.5 Å². The average Bonchev–Trinajstić information content (AvgIpc) is 3.41. The van der Waals surface area contributed by atoms with Gasteiger partial charge in [0, 0.05) is 42.6 Å². The van der Waals surface area contributed by atoms with Crippen LogP contribution in [-0.2, 0) is 0 Å². The van der Waals surface area contributed by atoms with Gasteiger partial charge in [-0.1, -0.05) is 17.7 Å². The zero-order valence-corrected chi connectivity index (χ0v) is 19.7. The number of likely N-dealkylation sites (N-methyl/N-ethyl adjacent to an activating group) is 1. The van der Waals surface area contributed by atoms with Gasteiger partial charge in [-0.2, -0.15) is 0 Å². The Labute approximate surface area is 181 Å². The molecule has 0 atom stereocenters. The summed E-state index contributed by atoms with van der Waals surface area (Å²) < 4.78 is 2.33. The number of rotatable bonds is 7. The molecule has 0 radical (unpaired) electrons. The van der Waals surface area contributed by atoms with Crippen LogP contribution in [0.5, 0.6) is 0 Å². The van der Waals surface area contributed by atoms with Gasteiger partial charge in [0.05, 0.1) is 5.69 Å². The fraction of sp³-hybridized carbons (Fsp3) is 0.500. The highest BCUT2D eigenvalue weighted by atomic mass is 15.2. The summed E-state index contributed by atoms with van der Waals surface area (Å²) in [6, 6.07) is 6.85. The first-order valence-corrected chi connectivity index (χ1v) is 11.2. The second-order valence-electron chi connectivity index (χ2n) is 9.60. The minimum absolute atomic E-state index is 0.847. The highest BCUT2D eigenvalue weighted by molar-refractivity contribution is 5.95. The van der Waals surface area contributed by atoms with Crippen molar-refractivity contribution in [3.8, 4) is 5.69 Å². The van der Waals surface area contributed by atoms with Crippen LogP contribution in [0.4, 0.5) is 5.69 Å². The predicted octanol–water partition coefficient (Wildman–Crippen LogP) is 5.35. The fourth-order valence-corrected chi connectivity index (χ4v) is 4.73. The Bertz CT molecular complexity index is 1050. The van der Waals surface area contributed by atoms with Crippen molar-refractivity contribution in [1.82, 2.24) is 14.5 Å². The first-order valence-electron chi connectivity index (χ1n) is 11.2. The quantitative estimate of drug-likeness (QED) is 0.531. The van der Waals surface area contributed by atoms with Crippen molar-refractivity contribution in [1.29, 1.82) is 0 Å². The van der Waals surface area contributed by atoms with Crippen LogP contribution in [-0.4, -0.2) is 48.2 Å². The van der Waals surface area contributed by atoms with Crippen molar-refractivity contribution in [3.63, 3.8) is 0 Å². The van der Waals surface area contributed by atoms with Crippen molar-refractivity contribution in [3.05, 3.63) is 52.3 Å². The maximum atomic E-state index is 5.04. The van der Waals surface area contributed by atoms with Gasteiger partial charge in [0.1, 0.15) is 5.65 Å². The molecule has 4 rings (SSSR count). The average molecular weight is 405 g/mol. The van der Waals surface area contributed by atoms with E-state index in [1.54, 1.807) is 0 Å². The summed E-state index contributed by atoms with van der Waals surface area (Å²) in [5.41, 5.74) is 10.0. The molecule has 0 unspecified atom stereocenters. The lowest BCUT2D eigenvalue weighted by Gasteiger charge is -2.28. The van der Waals surface area contributed by atoms with Gasteiger partial charge >= 0.3 is 0 Å². The van der Waals surface area contributed by atoms with Gasteiger partial charge in [-0.3, -0.25) is 0 Å². The minimum atomic E-state index is 0.847. The lowest BCUT2D eigenvalue weighted by atomic mass is 10.1. The predicted molar refractivity (Wildman–Crippen MR) is 128 cm³/mol. The number of nitrogens with zero attached hydrogens (tertiary/aromatic N) is 4. The zero-order valence-electron chi connectivity index (χ0n) is 19.7. The molecule has 1 aromatic carbocycles. The molecule has 1 aliphatic carbocycles. The maximum Gasteiger partial charge on any atom is 0.147 e. The normalized spacial score (nSPS) is 14.1. The summed E-state index contributed by atoms with van der Waals surface area (Å²) in [6.45, 7) is 14.2. The van der Waals surface area contributed by atoms with Crippen LogP contribution in [0, 0.1) is 40.5 Å². The summed E-state index contributed by atoms with van der Waals surface area (Å²) in [5, 5.41) is 1.30. The summed E-state index contributed by atoms with van der Waals surface area (Å²) in [5.74, 6) is 0.847. The van der Waals surface area contributed by atoms with Crippen LogP contribution in [0.25, 0.3) is 16.7 Å². The summed E-state index contributed by atoms with van der Waals surface area (Å²) in [7, 11) is 4.32. The number of fused-ring (bicyclic) bond motifs is 1. The minimum Gasteiger partial charge on any atom is -0.369 e. The van der Waals surface area contributed by atoms with E-state index in [0.717, 1.165) is 36.9 Å². The van der Waals surface area contributed by atoms with Gasteiger partial charge in [0.25, 0.3) is 0 Å². The topological polar surface area (TPSA) is 24.3 Å². The molecule has 0 saturated heterocycles. The highest BCUT2D eigenvalue weighted by Crippen LogP contribution is 2.37. The maximum absolute atomic E-state index is 5.04. The number of aromatic nitrogens is 2. The molecular weight excluding hydrogens is 368 g/mol. The smallest absolute Gasteiger partial charge is 0.147 e. The molecule has 1 fully saturated rings. The third-order valence-corrected chi connectivity index (χ3v) is 6.26. The van der Waals surface area contributed by atoms with Gasteiger partial charge in [-0.15, -0.1) is 0 Å². The number of aryl methyl sites for hydroxylation is 5. The third-order valence-electron chi connectivity index (χ3n) is 6.26. The number of hydrogen-bond acceptors (Lipinski definition) is 3. The molecule has 4 heteroatoms. The lowest BCUT2D eigenvalue weighted by Crippen LogP contribution is -2.33. The molecule has 160 valence electrons. The van der Waals surface area contributed by atoms with E-state index in [9.17, 15) is 0 Å². The first kappa shape index (κ1) is 20.9. The summed E-state index contributed by atoms with van der Waals surface area (Å²) >= 11 is 0. The molecule has 4 nitrogen and oxygen atoms in total. The van der Waals surface area contributed by atoms with Gasteiger partial charge < -0.3 is 14.4 Å². The molecule has 3 aromatic rings. The van der Waals surface area contributed by atoms with Crippen molar-refractivity contribution < 1.29 is 0 Å². The highest BCUT2D eigenvalue weighted by Gasteiger charge is 2.27. The molecule has 2 aromatic heterocycles. The van der Waals surface area contributed by atoms with Crippen LogP contribution < -0.4 is 4.90 Å². The summed E-state index contributed by atoms with van der Waals surface area (Å²) in [4.78, 5) is 9.93. The van der Waals surface area contributed by atoms with Gasteiger partial charge in [-0.05, 0) is 90.2 Å². The van der Waals surface area contributed by atoms with E-state index < -0.39 is 0 Å². The number of benzene rings is 1. The Balaban J connectivity index is 1.88. The van der Waals surface area contributed by atoms with Crippen LogP contribution in [0.2, 0.25) is 0 Å². The Morgan fingerprint density at radius 1 is 0.933 bits per heavy atom. The van der Waals surface area contributed by atoms with Crippen LogP contribution in [0.1, 0.15) is 40.8 Å². The van der Waals surface area contributed by atoms with Crippen molar-refractivity contribution >= 4 is 16.7 Å². The Kier molecular flexibility index (Phi) is 5.63. The molecule has 0 amide bonds. The molecular formula is C26H36N4.